The molecule has 6 N–H and O–H groups in total. The Hall–Kier alpha value is -1.83. The van der Waals surface area contributed by atoms with Crippen LogP contribution in [-0.4, -0.2) is 46.8 Å². The zero-order valence-corrected chi connectivity index (χ0v) is 8.77. The van der Waals surface area contributed by atoms with E-state index >= 15 is 0 Å². The van der Waals surface area contributed by atoms with Crippen molar-refractivity contribution in [2.24, 2.45) is 5.73 Å². The molecule has 92 valence electrons. The number of carbonyl (C=O) groups is 3. The van der Waals surface area contributed by atoms with Gasteiger partial charge in [-0.1, -0.05) is 0 Å². The SMILES string of the molecule is CC(NC(N)=O)C(=O)NCC[C@H](O)C(=O)O. The average molecular weight is 233 g/mol. The lowest BCUT2D eigenvalue weighted by atomic mass is 10.2. The van der Waals surface area contributed by atoms with Gasteiger partial charge in [0, 0.05) is 13.0 Å². The van der Waals surface area contributed by atoms with Gasteiger partial charge in [-0.25, -0.2) is 9.59 Å². The monoisotopic (exact) mass is 233 g/mol. The van der Waals surface area contributed by atoms with Crippen molar-refractivity contribution in [3.63, 3.8) is 0 Å². The molecular weight excluding hydrogens is 218 g/mol. The second-order valence-corrected chi connectivity index (χ2v) is 3.16. The van der Waals surface area contributed by atoms with Crippen LogP contribution in [0, 0.1) is 0 Å². The fourth-order valence-corrected chi connectivity index (χ4v) is 0.888. The van der Waals surface area contributed by atoms with Gasteiger partial charge >= 0.3 is 12.0 Å². The van der Waals surface area contributed by atoms with Gasteiger partial charge in [-0.15, -0.1) is 0 Å². The Morgan fingerprint density at radius 2 is 1.94 bits per heavy atom. The predicted octanol–water partition coefficient (Wildman–Crippen LogP) is -2.00. The first kappa shape index (κ1) is 14.2. The third-order valence-electron chi connectivity index (χ3n) is 1.75. The number of primary amides is 1. The summed E-state index contributed by atoms with van der Waals surface area (Å²) in [5.74, 6) is -1.85. The van der Waals surface area contributed by atoms with Crippen molar-refractivity contribution in [3.05, 3.63) is 0 Å². The number of rotatable bonds is 6. The summed E-state index contributed by atoms with van der Waals surface area (Å²) in [6.07, 6.45) is -1.62. The average Bonchev–Trinajstić information content (AvgIpc) is 2.15. The lowest BCUT2D eigenvalue weighted by molar-refractivity contribution is -0.147. The van der Waals surface area contributed by atoms with E-state index in [2.05, 4.69) is 10.6 Å². The number of aliphatic hydroxyl groups excluding tert-OH is 1. The number of nitrogens with two attached hydrogens (primary N) is 1. The first-order chi connectivity index (χ1) is 7.34. The Bertz CT molecular complexity index is 281. The quantitative estimate of drug-likeness (QED) is 0.360. The number of aliphatic carboxylic acids is 1. The summed E-state index contributed by atoms with van der Waals surface area (Å²) in [5.41, 5.74) is 4.80. The molecule has 0 radical (unpaired) electrons. The summed E-state index contributed by atoms with van der Waals surface area (Å²) in [6.45, 7) is 1.42. The van der Waals surface area contributed by atoms with E-state index in [9.17, 15) is 14.4 Å². The van der Waals surface area contributed by atoms with Gasteiger partial charge in [-0.2, -0.15) is 0 Å². The van der Waals surface area contributed by atoms with Crippen molar-refractivity contribution in [3.8, 4) is 0 Å². The van der Waals surface area contributed by atoms with Gasteiger partial charge in [0.15, 0.2) is 6.10 Å². The molecule has 0 heterocycles. The van der Waals surface area contributed by atoms with Crippen LogP contribution < -0.4 is 16.4 Å². The van der Waals surface area contributed by atoms with Crippen molar-refractivity contribution in [1.82, 2.24) is 10.6 Å². The molecule has 0 fully saturated rings. The van der Waals surface area contributed by atoms with E-state index < -0.39 is 30.1 Å². The highest BCUT2D eigenvalue weighted by Crippen LogP contribution is 1.90. The van der Waals surface area contributed by atoms with E-state index in [-0.39, 0.29) is 13.0 Å². The molecule has 0 bridgehead atoms. The van der Waals surface area contributed by atoms with Crippen LogP contribution in [0.1, 0.15) is 13.3 Å². The summed E-state index contributed by atoms with van der Waals surface area (Å²) >= 11 is 0. The summed E-state index contributed by atoms with van der Waals surface area (Å²) in [7, 11) is 0. The van der Waals surface area contributed by atoms with Crippen LogP contribution in [0.3, 0.4) is 0 Å². The molecule has 8 heteroatoms. The third kappa shape index (κ3) is 5.81. The molecule has 1 unspecified atom stereocenters. The van der Waals surface area contributed by atoms with Crippen LogP contribution in [0.5, 0.6) is 0 Å². The van der Waals surface area contributed by atoms with E-state index in [1.165, 1.54) is 6.92 Å². The van der Waals surface area contributed by atoms with Crippen LogP contribution >= 0.6 is 0 Å². The largest absolute Gasteiger partial charge is 0.479 e. The standard InChI is InChI=1S/C8H15N3O5/c1-4(11-8(9)16)6(13)10-3-2-5(12)7(14)15/h4-5,12H,2-3H2,1H3,(H,10,13)(H,14,15)(H3,9,11,16)/t4?,5-/m0/s1. The summed E-state index contributed by atoms with van der Waals surface area (Å²) < 4.78 is 0. The minimum absolute atomic E-state index is 0.00289. The highest BCUT2D eigenvalue weighted by atomic mass is 16.4. The van der Waals surface area contributed by atoms with E-state index in [0.29, 0.717) is 0 Å². The number of hydrogen-bond acceptors (Lipinski definition) is 4. The van der Waals surface area contributed by atoms with E-state index in [4.69, 9.17) is 15.9 Å². The maximum absolute atomic E-state index is 11.2. The molecule has 0 saturated carbocycles. The fourth-order valence-electron chi connectivity index (χ4n) is 0.888. The molecule has 0 spiro atoms. The second kappa shape index (κ2) is 6.62. The molecule has 0 aliphatic heterocycles. The minimum atomic E-state index is -1.51. The second-order valence-electron chi connectivity index (χ2n) is 3.16. The first-order valence-corrected chi connectivity index (χ1v) is 4.59. The van der Waals surface area contributed by atoms with Gasteiger partial charge in [0.1, 0.15) is 6.04 Å². The minimum Gasteiger partial charge on any atom is -0.479 e. The van der Waals surface area contributed by atoms with Gasteiger partial charge in [-0.05, 0) is 6.92 Å². The van der Waals surface area contributed by atoms with Gasteiger partial charge in [0.2, 0.25) is 5.91 Å². The molecule has 0 aromatic heterocycles. The highest BCUT2D eigenvalue weighted by Gasteiger charge is 2.16. The van der Waals surface area contributed by atoms with Crippen LogP contribution in [0.25, 0.3) is 0 Å². The highest BCUT2D eigenvalue weighted by molar-refractivity contribution is 5.86. The number of carboxylic acid groups (broad SMARTS) is 1. The van der Waals surface area contributed by atoms with Crippen LogP contribution in [0.2, 0.25) is 0 Å². The molecule has 0 rings (SSSR count). The van der Waals surface area contributed by atoms with E-state index in [0.717, 1.165) is 0 Å². The lowest BCUT2D eigenvalue weighted by Crippen LogP contribution is -2.47. The summed E-state index contributed by atoms with van der Waals surface area (Å²) in [6, 6.07) is -1.63. The van der Waals surface area contributed by atoms with Gasteiger partial charge in [0.25, 0.3) is 0 Å². The third-order valence-corrected chi connectivity index (χ3v) is 1.75. The molecular formula is C8H15N3O5. The Morgan fingerprint density at radius 1 is 1.38 bits per heavy atom. The molecule has 0 aliphatic carbocycles. The molecule has 8 nitrogen and oxygen atoms in total. The number of aliphatic hydroxyl groups is 1. The fraction of sp³-hybridized carbons (Fsp3) is 0.625. The summed E-state index contributed by atoms with van der Waals surface area (Å²) in [5, 5.41) is 21.7. The Morgan fingerprint density at radius 3 is 2.38 bits per heavy atom. The Labute approximate surface area is 91.8 Å². The number of carboxylic acids is 1. The molecule has 0 saturated heterocycles. The predicted molar refractivity (Wildman–Crippen MR) is 53.5 cm³/mol. The Kier molecular flexibility index (Phi) is 5.86. The number of nitrogens with one attached hydrogen (secondary N) is 2. The number of amides is 3. The Balaban J connectivity index is 3.81. The molecule has 16 heavy (non-hydrogen) atoms. The van der Waals surface area contributed by atoms with Gasteiger partial charge < -0.3 is 26.6 Å². The normalized spacial score (nSPS) is 13.6. The summed E-state index contributed by atoms with van der Waals surface area (Å²) in [4.78, 5) is 31.8. The maximum atomic E-state index is 11.2. The smallest absolute Gasteiger partial charge is 0.332 e. The number of urea groups is 1. The molecule has 0 aromatic carbocycles. The van der Waals surface area contributed by atoms with Crippen molar-refractivity contribution in [2.45, 2.75) is 25.5 Å². The number of hydrogen-bond donors (Lipinski definition) is 5. The van der Waals surface area contributed by atoms with E-state index in [1.807, 2.05) is 0 Å². The molecule has 3 amide bonds. The maximum Gasteiger partial charge on any atom is 0.332 e. The number of carbonyl (C=O) groups excluding carboxylic acids is 2. The topological polar surface area (TPSA) is 142 Å². The van der Waals surface area contributed by atoms with Crippen LogP contribution in [0.4, 0.5) is 4.79 Å². The molecule has 2 atom stereocenters. The zero-order chi connectivity index (χ0) is 12.7. The van der Waals surface area contributed by atoms with Crippen molar-refractivity contribution in [1.29, 1.82) is 0 Å². The van der Waals surface area contributed by atoms with Crippen molar-refractivity contribution in [2.75, 3.05) is 6.54 Å². The zero-order valence-electron chi connectivity index (χ0n) is 8.77. The van der Waals surface area contributed by atoms with Crippen molar-refractivity contribution < 1.29 is 24.6 Å². The molecule has 0 aromatic rings. The van der Waals surface area contributed by atoms with Crippen molar-refractivity contribution >= 4 is 17.9 Å². The van der Waals surface area contributed by atoms with Crippen LogP contribution in [0.15, 0.2) is 0 Å². The molecule has 0 aliphatic rings. The lowest BCUT2D eigenvalue weighted by Gasteiger charge is -2.12. The first-order valence-electron chi connectivity index (χ1n) is 4.59. The van der Waals surface area contributed by atoms with E-state index in [1.54, 1.807) is 0 Å². The van der Waals surface area contributed by atoms with Gasteiger partial charge in [-0.3, -0.25) is 4.79 Å². The van der Waals surface area contributed by atoms with Crippen LogP contribution in [-0.2, 0) is 9.59 Å². The van der Waals surface area contributed by atoms with Gasteiger partial charge in [0.05, 0.1) is 0 Å².